The van der Waals surface area contributed by atoms with Crippen LogP contribution in [0.5, 0.6) is 0 Å². The monoisotopic (exact) mass is 543 g/mol. The number of hydrogen-bond donors (Lipinski definition) is 5. The zero-order valence-corrected chi connectivity index (χ0v) is 22.5. The van der Waals surface area contributed by atoms with E-state index in [9.17, 15) is 14.4 Å². The van der Waals surface area contributed by atoms with E-state index in [0.29, 0.717) is 38.3 Å². The Morgan fingerprint density at radius 3 is 2.35 bits per heavy atom. The van der Waals surface area contributed by atoms with E-state index in [4.69, 9.17) is 5.11 Å². The van der Waals surface area contributed by atoms with Gasteiger partial charge in [0.2, 0.25) is 0 Å². The molecule has 0 spiro atoms. The molecule has 11 nitrogen and oxygen atoms in total. The summed E-state index contributed by atoms with van der Waals surface area (Å²) in [4.78, 5) is 48.1. The van der Waals surface area contributed by atoms with Crippen molar-refractivity contribution in [2.75, 3.05) is 44.4 Å². The summed E-state index contributed by atoms with van der Waals surface area (Å²) in [5, 5.41) is 18.1. The quantitative estimate of drug-likeness (QED) is 0.192. The molecule has 0 aliphatic carbocycles. The molecule has 2 aromatic heterocycles. The van der Waals surface area contributed by atoms with E-state index < -0.39 is 12.0 Å². The minimum absolute atomic E-state index is 0.164. The van der Waals surface area contributed by atoms with Gasteiger partial charge in [0.25, 0.3) is 5.91 Å². The molecule has 0 aliphatic rings. The van der Waals surface area contributed by atoms with Gasteiger partial charge in [-0.05, 0) is 55.9 Å². The molecule has 0 fully saturated rings. The number of rotatable bonds is 11. The lowest BCUT2D eigenvalue weighted by Crippen LogP contribution is -2.43. The van der Waals surface area contributed by atoms with Gasteiger partial charge in [-0.2, -0.15) is 0 Å². The van der Waals surface area contributed by atoms with Gasteiger partial charge in [-0.3, -0.25) is 15.1 Å². The molecule has 11 heteroatoms. The van der Waals surface area contributed by atoms with Gasteiger partial charge < -0.3 is 30.5 Å². The zero-order chi connectivity index (χ0) is 28.5. The summed E-state index contributed by atoms with van der Waals surface area (Å²) in [5.41, 5.74) is 3.73. The van der Waals surface area contributed by atoms with Crippen LogP contribution in [0.2, 0.25) is 0 Å². The Hall–Kier alpha value is -4.90. The Balaban J connectivity index is 1.36. The highest BCUT2D eigenvalue weighted by Crippen LogP contribution is 2.22. The smallest absolute Gasteiger partial charge is 0.409 e. The van der Waals surface area contributed by atoms with Crippen molar-refractivity contribution in [1.82, 2.24) is 25.1 Å². The number of fused-ring (bicyclic) bond motifs is 1. The van der Waals surface area contributed by atoms with Crippen LogP contribution < -0.4 is 16.0 Å². The average molecular weight is 544 g/mol. The summed E-state index contributed by atoms with van der Waals surface area (Å²) in [7, 11) is 3.90. The van der Waals surface area contributed by atoms with Crippen molar-refractivity contribution in [1.29, 1.82) is 0 Å². The third-order valence-electron chi connectivity index (χ3n) is 6.30. The molecule has 2 heterocycles. The minimum Gasteiger partial charge on any atom is -0.465 e. The first-order valence-corrected chi connectivity index (χ1v) is 12.9. The first kappa shape index (κ1) is 28.1. The molecule has 0 saturated heterocycles. The molecule has 0 unspecified atom stereocenters. The fourth-order valence-electron chi connectivity index (χ4n) is 4.20. The molecule has 40 heavy (non-hydrogen) atoms. The van der Waals surface area contributed by atoms with Crippen molar-refractivity contribution in [2.45, 2.75) is 13.0 Å². The van der Waals surface area contributed by atoms with Gasteiger partial charge in [0, 0.05) is 49.5 Å². The van der Waals surface area contributed by atoms with Crippen LogP contribution in [0.15, 0.2) is 73.1 Å². The molecule has 4 rings (SSSR count). The van der Waals surface area contributed by atoms with Gasteiger partial charge in [0.15, 0.2) is 0 Å². The van der Waals surface area contributed by atoms with E-state index in [1.807, 2.05) is 43.4 Å². The number of urea groups is 1. The number of carboxylic acid groups (broad SMARTS) is 1. The van der Waals surface area contributed by atoms with E-state index >= 15 is 0 Å². The average Bonchev–Trinajstić information content (AvgIpc) is 3.35. The Morgan fingerprint density at radius 1 is 0.925 bits per heavy atom. The molecule has 2 aromatic carbocycles. The first-order chi connectivity index (χ1) is 19.3. The summed E-state index contributed by atoms with van der Waals surface area (Å²) >= 11 is 0. The molecule has 0 aliphatic heterocycles. The maximum atomic E-state index is 13.1. The van der Waals surface area contributed by atoms with Gasteiger partial charge in [-0.25, -0.2) is 9.59 Å². The van der Waals surface area contributed by atoms with Crippen molar-refractivity contribution < 1.29 is 19.5 Å². The predicted octanol–water partition coefficient (Wildman–Crippen LogP) is 4.22. The van der Waals surface area contributed by atoms with E-state index in [1.54, 1.807) is 47.5 Å². The van der Waals surface area contributed by atoms with Gasteiger partial charge in [-0.15, -0.1) is 0 Å². The first-order valence-electron chi connectivity index (χ1n) is 12.9. The molecule has 4 aromatic rings. The van der Waals surface area contributed by atoms with E-state index in [1.165, 1.54) is 0 Å². The molecule has 0 radical (unpaired) electrons. The van der Waals surface area contributed by atoms with Gasteiger partial charge in [0.05, 0.1) is 11.4 Å². The van der Waals surface area contributed by atoms with E-state index in [-0.39, 0.29) is 17.4 Å². The number of para-hydroxylation sites is 3. The largest absolute Gasteiger partial charge is 0.465 e. The van der Waals surface area contributed by atoms with Crippen molar-refractivity contribution in [2.24, 2.45) is 0 Å². The van der Waals surface area contributed by atoms with Crippen LogP contribution in [0.1, 0.15) is 21.6 Å². The van der Waals surface area contributed by atoms with Gasteiger partial charge >= 0.3 is 12.1 Å². The Bertz CT molecular complexity index is 1470. The highest BCUT2D eigenvalue weighted by atomic mass is 16.4. The van der Waals surface area contributed by atoms with E-state index in [0.717, 1.165) is 22.0 Å². The van der Waals surface area contributed by atoms with Crippen LogP contribution in [0.3, 0.4) is 0 Å². The molecule has 0 bridgehead atoms. The SMILES string of the molecule is CN(C)CCN(Cc1ccc(C(=O)Nc2ccccc2NC(=O)O)nc1)C(=O)NCCc1c[nH]c2ccccc12. The predicted molar refractivity (Wildman–Crippen MR) is 155 cm³/mol. The summed E-state index contributed by atoms with van der Waals surface area (Å²) in [6.45, 7) is 2.02. The van der Waals surface area contributed by atoms with Crippen LogP contribution >= 0.6 is 0 Å². The molecule has 208 valence electrons. The van der Waals surface area contributed by atoms with Crippen LogP contribution in [-0.2, 0) is 13.0 Å². The number of amides is 4. The topological polar surface area (TPSA) is 143 Å². The third-order valence-corrected chi connectivity index (χ3v) is 6.30. The standard InChI is InChI=1S/C29H33N7O4/c1-35(2)15-16-36(28(38)30-14-13-21-18-32-23-8-4-3-7-22(21)23)19-20-11-12-26(31-17-20)27(37)33-24-9-5-6-10-25(24)34-29(39)40/h3-12,17-18,32,34H,13-16,19H2,1-2H3,(H,30,38)(H,33,37)(H,39,40). The number of nitrogens with one attached hydrogen (secondary N) is 4. The number of pyridine rings is 1. The number of H-pyrrole nitrogens is 1. The lowest BCUT2D eigenvalue weighted by atomic mass is 10.1. The Morgan fingerprint density at radius 2 is 1.65 bits per heavy atom. The number of benzene rings is 2. The molecule has 5 N–H and O–H groups in total. The second-order valence-corrected chi connectivity index (χ2v) is 9.55. The number of nitrogens with zero attached hydrogens (tertiary/aromatic N) is 3. The zero-order valence-electron chi connectivity index (χ0n) is 22.5. The van der Waals surface area contributed by atoms with E-state index in [2.05, 4.69) is 32.0 Å². The van der Waals surface area contributed by atoms with Crippen LogP contribution in [0.4, 0.5) is 21.0 Å². The van der Waals surface area contributed by atoms with Crippen molar-refractivity contribution in [3.05, 3.63) is 89.9 Å². The highest BCUT2D eigenvalue weighted by Gasteiger charge is 2.16. The highest BCUT2D eigenvalue weighted by molar-refractivity contribution is 6.05. The second-order valence-electron chi connectivity index (χ2n) is 9.55. The molecule has 0 atom stereocenters. The van der Waals surface area contributed by atoms with Crippen molar-refractivity contribution in [3.63, 3.8) is 0 Å². The number of carbonyl (C=O) groups is 3. The minimum atomic E-state index is -1.23. The molecule has 0 saturated carbocycles. The summed E-state index contributed by atoms with van der Waals surface area (Å²) in [6.07, 6.45) is 3.02. The number of likely N-dealkylation sites (N-methyl/N-ethyl adjacent to an activating group) is 1. The molecular weight excluding hydrogens is 510 g/mol. The summed E-state index contributed by atoms with van der Waals surface area (Å²) in [6, 6.07) is 17.7. The lowest BCUT2D eigenvalue weighted by molar-refractivity contribution is 0.102. The number of aromatic amines is 1. The van der Waals surface area contributed by atoms with Crippen LogP contribution in [-0.4, -0.2) is 76.6 Å². The van der Waals surface area contributed by atoms with Gasteiger partial charge in [-0.1, -0.05) is 36.4 Å². The number of hydrogen-bond acceptors (Lipinski definition) is 5. The maximum absolute atomic E-state index is 13.1. The summed E-state index contributed by atoms with van der Waals surface area (Å²) < 4.78 is 0. The third kappa shape index (κ3) is 7.58. The maximum Gasteiger partial charge on any atom is 0.409 e. The number of aromatic nitrogens is 2. The fourth-order valence-corrected chi connectivity index (χ4v) is 4.20. The lowest BCUT2D eigenvalue weighted by Gasteiger charge is -2.25. The molecular formula is C29H33N7O4. The van der Waals surface area contributed by atoms with Crippen molar-refractivity contribution >= 4 is 40.3 Å². The Kier molecular flexibility index (Phi) is 9.31. The normalized spacial score (nSPS) is 10.9. The number of carbonyl (C=O) groups excluding carboxylic acids is 2. The molecule has 4 amide bonds. The second kappa shape index (κ2) is 13.3. The van der Waals surface area contributed by atoms with Crippen LogP contribution in [0, 0.1) is 0 Å². The van der Waals surface area contributed by atoms with Crippen molar-refractivity contribution in [3.8, 4) is 0 Å². The van der Waals surface area contributed by atoms with Gasteiger partial charge in [0.1, 0.15) is 5.69 Å². The summed E-state index contributed by atoms with van der Waals surface area (Å²) in [5.74, 6) is -0.481. The fraction of sp³-hybridized carbons (Fsp3) is 0.241. The number of anilines is 2. The van der Waals surface area contributed by atoms with Crippen LogP contribution in [0.25, 0.3) is 10.9 Å². The Labute approximate surface area is 232 Å².